The first kappa shape index (κ1) is 11.4. The van der Waals surface area contributed by atoms with E-state index in [1.165, 1.54) is 12.1 Å². The van der Waals surface area contributed by atoms with Gasteiger partial charge in [-0.3, -0.25) is 5.84 Å². The molecule has 0 saturated carbocycles. The highest BCUT2D eigenvalue weighted by Gasteiger charge is 2.01. The quantitative estimate of drug-likeness (QED) is 0.299. The van der Waals surface area contributed by atoms with Crippen molar-refractivity contribution in [3.05, 3.63) is 34.6 Å². The summed E-state index contributed by atoms with van der Waals surface area (Å²) < 4.78 is 13.2. The van der Waals surface area contributed by atoms with Crippen LogP contribution in [0.3, 0.4) is 0 Å². The minimum absolute atomic E-state index is 0.225. The summed E-state index contributed by atoms with van der Waals surface area (Å²) in [5.41, 5.74) is 3.06. The Labute approximate surface area is 87.4 Å². The first-order valence-electron chi connectivity index (χ1n) is 4.32. The van der Waals surface area contributed by atoms with Crippen molar-refractivity contribution >= 4 is 11.6 Å². The predicted octanol–water partition coefficient (Wildman–Crippen LogP) is 1.03. The number of benzene rings is 1. The summed E-state index contributed by atoms with van der Waals surface area (Å²) in [6, 6.07) is 4.54. The van der Waals surface area contributed by atoms with Crippen LogP contribution in [-0.4, -0.2) is 13.2 Å². The van der Waals surface area contributed by atoms with Crippen LogP contribution in [0.5, 0.6) is 0 Å². The molecule has 5 heteroatoms. The van der Waals surface area contributed by atoms with Gasteiger partial charge in [0.25, 0.3) is 0 Å². The average Bonchev–Trinajstić information content (AvgIpc) is 2.18. The third-order valence-electron chi connectivity index (χ3n) is 1.81. The van der Waals surface area contributed by atoms with Gasteiger partial charge < -0.3 is 5.32 Å². The second-order valence-electron chi connectivity index (χ2n) is 2.87. The first-order chi connectivity index (χ1) is 6.74. The van der Waals surface area contributed by atoms with Gasteiger partial charge in [0.2, 0.25) is 0 Å². The lowest BCUT2D eigenvalue weighted by molar-refractivity contribution is 0.577. The largest absolute Gasteiger partial charge is 0.303 e. The maximum Gasteiger partial charge on any atom is 0.126 e. The molecule has 0 aliphatic carbocycles. The number of hydrogen-bond donors (Lipinski definition) is 3. The van der Waals surface area contributed by atoms with E-state index in [0.29, 0.717) is 30.2 Å². The van der Waals surface area contributed by atoms with Crippen molar-refractivity contribution in [1.82, 2.24) is 10.7 Å². The molecule has 1 rings (SSSR count). The molecule has 0 unspecified atom stereocenters. The van der Waals surface area contributed by atoms with Gasteiger partial charge in [0, 0.05) is 11.6 Å². The zero-order chi connectivity index (χ0) is 10.4. The van der Waals surface area contributed by atoms with E-state index in [4.69, 9.17) is 17.4 Å². The van der Waals surface area contributed by atoms with Crippen LogP contribution in [0.2, 0.25) is 5.02 Å². The molecule has 0 fully saturated rings. The van der Waals surface area contributed by atoms with Crippen molar-refractivity contribution in [3.8, 4) is 0 Å². The summed E-state index contributed by atoms with van der Waals surface area (Å²) in [6.45, 7) is 1.16. The van der Waals surface area contributed by atoms with Crippen molar-refractivity contribution in [1.29, 1.82) is 0 Å². The van der Waals surface area contributed by atoms with Crippen molar-refractivity contribution < 1.29 is 4.39 Å². The Balaban J connectivity index is 2.45. The van der Waals surface area contributed by atoms with Crippen LogP contribution >= 0.6 is 11.6 Å². The number of halogens is 2. The molecule has 0 bridgehead atoms. The lowest BCUT2D eigenvalue weighted by Crippen LogP contribution is -2.34. The Morgan fingerprint density at radius 2 is 2.21 bits per heavy atom. The zero-order valence-corrected chi connectivity index (χ0v) is 8.44. The van der Waals surface area contributed by atoms with Crippen LogP contribution in [0.25, 0.3) is 0 Å². The molecule has 14 heavy (non-hydrogen) atoms. The predicted molar refractivity (Wildman–Crippen MR) is 55.3 cm³/mol. The fourth-order valence-corrected chi connectivity index (χ4v) is 1.31. The van der Waals surface area contributed by atoms with E-state index >= 15 is 0 Å². The molecule has 0 aliphatic heterocycles. The summed E-state index contributed by atoms with van der Waals surface area (Å²) in [7, 11) is 0. The standard InChI is InChI=1S/C9H13ClFN3/c10-8-1-2-9(11)7(5-8)3-4-13-6-14-12/h1-2,5,13-14H,3-4,6,12H2. The lowest BCUT2D eigenvalue weighted by Gasteiger charge is -2.05. The normalized spacial score (nSPS) is 10.5. The third kappa shape index (κ3) is 3.59. The highest BCUT2D eigenvalue weighted by molar-refractivity contribution is 6.30. The Bertz CT molecular complexity index is 293. The fourth-order valence-electron chi connectivity index (χ4n) is 1.12. The smallest absolute Gasteiger partial charge is 0.126 e. The van der Waals surface area contributed by atoms with Crippen LogP contribution in [0.1, 0.15) is 5.56 Å². The molecule has 0 saturated heterocycles. The maximum absolute atomic E-state index is 13.2. The van der Waals surface area contributed by atoms with E-state index in [9.17, 15) is 4.39 Å². The molecule has 0 aromatic heterocycles. The molecule has 1 aromatic carbocycles. The van der Waals surface area contributed by atoms with Crippen molar-refractivity contribution in [2.45, 2.75) is 6.42 Å². The molecule has 4 N–H and O–H groups in total. The van der Waals surface area contributed by atoms with Gasteiger partial charge in [-0.05, 0) is 30.2 Å². The minimum Gasteiger partial charge on any atom is -0.303 e. The molecule has 78 valence electrons. The van der Waals surface area contributed by atoms with Crippen LogP contribution in [-0.2, 0) is 6.42 Å². The molecule has 0 amide bonds. The fraction of sp³-hybridized carbons (Fsp3) is 0.333. The molecule has 0 radical (unpaired) electrons. The van der Waals surface area contributed by atoms with Crippen LogP contribution in [0.15, 0.2) is 18.2 Å². The molecular weight excluding hydrogens is 205 g/mol. The molecule has 1 aromatic rings. The SMILES string of the molecule is NNCNCCc1cc(Cl)ccc1F. The van der Waals surface area contributed by atoms with E-state index in [1.54, 1.807) is 6.07 Å². The van der Waals surface area contributed by atoms with Crippen LogP contribution in [0, 0.1) is 5.82 Å². The number of rotatable bonds is 5. The van der Waals surface area contributed by atoms with Gasteiger partial charge in [-0.15, -0.1) is 0 Å². The summed E-state index contributed by atoms with van der Waals surface area (Å²) in [5.74, 6) is 4.83. The van der Waals surface area contributed by atoms with Crippen molar-refractivity contribution in [2.24, 2.45) is 5.84 Å². The van der Waals surface area contributed by atoms with Gasteiger partial charge in [0.05, 0.1) is 6.67 Å². The number of nitrogens with one attached hydrogen (secondary N) is 2. The number of hydrazine groups is 1. The van der Waals surface area contributed by atoms with E-state index in [1.807, 2.05) is 0 Å². The molecule has 0 atom stereocenters. The second-order valence-corrected chi connectivity index (χ2v) is 3.30. The topological polar surface area (TPSA) is 50.1 Å². The lowest BCUT2D eigenvalue weighted by atomic mass is 10.1. The Hall–Kier alpha value is -0.680. The zero-order valence-electron chi connectivity index (χ0n) is 7.69. The Morgan fingerprint density at radius 3 is 2.93 bits per heavy atom. The van der Waals surface area contributed by atoms with Gasteiger partial charge in [-0.25, -0.2) is 9.82 Å². The van der Waals surface area contributed by atoms with Gasteiger partial charge in [0.1, 0.15) is 5.82 Å². The van der Waals surface area contributed by atoms with Gasteiger partial charge in [-0.1, -0.05) is 11.6 Å². The third-order valence-corrected chi connectivity index (χ3v) is 2.04. The first-order valence-corrected chi connectivity index (χ1v) is 4.70. The Kier molecular flexibility index (Phi) is 4.82. The monoisotopic (exact) mass is 217 g/mol. The van der Waals surface area contributed by atoms with E-state index in [-0.39, 0.29) is 5.82 Å². The van der Waals surface area contributed by atoms with Crippen molar-refractivity contribution in [2.75, 3.05) is 13.2 Å². The minimum atomic E-state index is -0.225. The van der Waals surface area contributed by atoms with Crippen LogP contribution in [0.4, 0.5) is 4.39 Å². The molecular formula is C9H13ClFN3. The summed E-state index contributed by atoms with van der Waals surface area (Å²) in [5, 5.41) is 3.54. The van der Waals surface area contributed by atoms with E-state index < -0.39 is 0 Å². The van der Waals surface area contributed by atoms with Gasteiger partial charge in [-0.2, -0.15) is 0 Å². The molecule has 0 heterocycles. The number of nitrogens with two attached hydrogens (primary N) is 1. The molecule has 0 spiro atoms. The average molecular weight is 218 g/mol. The summed E-state index contributed by atoms with van der Waals surface area (Å²) >= 11 is 5.74. The summed E-state index contributed by atoms with van der Waals surface area (Å²) in [4.78, 5) is 0. The van der Waals surface area contributed by atoms with Gasteiger partial charge in [0.15, 0.2) is 0 Å². The second kappa shape index (κ2) is 5.93. The van der Waals surface area contributed by atoms with Crippen molar-refractivity contribution in [3.63, 3.8) is 0 Å². The highest BCUT2D eigenvalue weighted by Crippen LogP contribution is 2.14. The van der Waals surface area contributed by atoms with E-state index in [2.05, 4.69) is 10.7 Å². The van der Waals surface area contributed by atoms with E-state index in [0.717, 1.165) is 0 Å². The van der Waals surface area contributed by atoms with Gasteiger partial charge >= 0.3 is 0 Å². The summed E-state index contributed by atoms with van der Waals surface area (Å²) in [6.07, 6.45) is 0.591. The Morgan fingerprint density at radius 1 is 1.43 bits per heavy atom. The maximum atomic E-state index is 13.2. The molecule has 3 nitrogen and oxygen atoms in total. The molecule has 0 aliphatic rings. The highest BCUT2D eigenvalue weighted by atomic mass is 35.5. The van der Waals surface area contributed by atoms with Crippen LogP contribution < -0.4 is 16.6 Å². The number of hydrogen-bond acceptors (Lipinski definition) is 3.